The van der Waals surface area contributed by atoms with Gasteiger partial charge >= 0.3 is 4.87 Å². The standard InChI is InChI=1S/C26H26F3N9O3S/c27-14-10-15(28)19(41-20-13-31-12-16(20)29)11-17(14)36-6-3-35(4-7-36)5-8-37-23-21(42-26(37)39)24-32-22(18-2-1-9-40-18)34-38(24)25(30)33-23/h1-2,9-11,16,20,31H,3-8,12-13H2,(H2,30,33)/t16-,20-/m1/s1. The number of aromatic nitrogens is 5. The number of fused-ring (bicyclic) bond motifs is 3. The number of hydrogen-bond acceptors (Lipinski definition) is 11. The van der Waals surface area contributed by atoms with E-state index < -0.39 is 23.9 Å². The first-order valence-electron chi connectivity index (χ1n) is 13.4. The van der Waals surface area contributed by atoms with Crippen molar-refractivity contribution in [3.05, 3.63) is 51.8 Å². The monoisotopic (exact) mass is 601 g/mol. The zero-order valence-electron chi connectivity index (χ0n) is 22.2. The van der Waals surface area contributed by atoms with E-state index >= 15 is 0 Å². The maximum absolute atomic E-state index is 14.7. The fourth-order valence-electron chi connectivity index (χ4n) is 5.34. The molecule has 2 aliphatic heterocycles. The molecule has 0 aliphatic carbocycles. The summed E-state index contributed by atoms with van der Waals surface area (Å²) in [4.78, 5) is 25.7. The second kappa shape index (κ2) is 10.6. The third kappa shape index (κ3) is 4.74. The van der Waals surface area contributed by atoms with Crippen molar-refractivity contribution in [3.63, 3.8) is 0 Å². The van der Waals surface area contributed by atoms with Gasteiger partial charge in [0.15, 0.2) is 34.8 Å². The predicted octanol–water partition coefficient (Wildman–Crippen LogP) is 2.13. The molecule has 220 valence electrons. The van der Waals surface area contributed by atoms with Gasteiger partial charge in [-0.25, -0.2) is 18.2 Å². The minimum Gasteiger partial charge on any atom is -0.483 e. The Kier molecular flexibility index (Phi) is 6.74. The van der Waals surface area contributed by atoms with E-state index in [0.29, 0.717) is 66.8 Å². The Hall–Kier alpha value is -4.15. The molecule has 0 radical (unpaired) electrons. The number of thiazole rings is 1. The highest BCUT2D eigenvalue weighted by Crippen LogP contribution is 2.31. The Morgan fingerprint density at radius 3 is 2.67 bits per heavy atom. The summed E-state index contributed by atoms with van der Waals surface area (Å²) in [6, 6.07) is 5.55. The lowest BCUT2D eigenvalue weighted by atomic mass is 10.2. The van der Waals surface area contributed by atoms with Crippen molar-refractivity contribution < 1.29 is 22.3 Å². The molecule has 5 aromatic rings. The molecule has 0 spiro atoms. The minimum absolute atomic E-state index is 0.0962. The summed E-state index contributed by atoms with van der Waals surface area (Å²) in [5, 5.41) is 7.23. The number of rotatable bonds is 7. The molecule has 42 heavy (non-hydrogen) atoms. The van der Waals surface area contributed by atoms with E-state index in [9.17, 15) is 18.0 Å². The molecule has 12 nitrogen and oxygen atoms in total. The Morgan fingerprint density at radius 2 is 1.93 bits per heavy atom. The highest BCUT2D eigenvalue weighted by molar-refractivity contribution is 7.17. The Labute approximate surface area is 240 Å². The molecule has 0 unspecified atom stereocenters. The van der Waals surface area contributed by atoms with E-state index in [2.05, 4.69) is 25.3 Å². The number of hydrogen-bond donors (Lipinski definition) is 2. The molecule has 6 heterocycles. The number of ether oxygens (including phenoxy) is 1. The summed E-state index contributed by atoms with van der Waals surface area (Å²) in [7, 11) is 0. The quantitative estimate of drug-likeness (QED) is 0.286. The second-order valence-corrected chi connectivity index (χ2v) is 11.1. The average Bonchev–Trinajstić information content (AvgIpc) is 3.77. The molecule has 2 atom stereocenters. The van der Waals surface area contributed by atoms with Crippen molar-refractivity contribution >= 4 is 39.0 Å². The lowest BCUT2D eigenvalue weighted by Gasteiger charge is -2.36. The third-order valence-corrected chi connectivity index (χ3v) is 8.54. The van der Waals surface area contributed by atoms with Crippen LogP contribution in [0.3, 0.4) is 0 Å². The van der Waals surface area contributed by atoms with Crippen LogP contribution < -0.4 is 25.6 Å². The van der Waals surface area contributed by atoms with Gasteiger partial charge in [0.2, 0.25) is 11.8 Å². The molecule has 4 aromatic heterocycles. The summed E-state index contributed by atoms with van der Waals surface area (Å²) in [6.07, 6.45) is -0.566. The minimum atomic E-state index is -1.26. The number of benzene rings is 1. The number of furan rings is 1. The van der Waals surface area contributed by atoms with Gasteiger partial charge < -0.3 is 25.1 Å². The van der Waals surface area contributed by atoms with E-state index in [4.69, 9.17) is 14.9 Å². The first-order chi connectivity index (χ1) is 20.4. The van der Waals surface area contributed by atoms with Crippen molar-refractivity contribution in [1.82, 2.24) is 34.4 Å². The number of nitrogens with zero attached hydrogens (tertiary/aromatic N) is 7. The summed E-state index contributed by atoms with van der Waals surface area (Å²) in [6.45, 7) is 3.41. The zero-order chi connectivity index (χ0) is 29.0. The molecular formula is C26H26F3N9O3S. The molecule has 2 saturated heterocycles. The lowest BCUT2D eigenvalue weighted by Crippen LogP contribution is -2.47. The van der Waals surface area contributed by atoms with Gasteiger partial charge in [0.05, 0.1) is 12.0 Å². The number of halogens is 3. The van der Waals surface area contributed by atoms with E-state index in [-0.39, 0.29) is 35.3 Å². The van der Waals surface area contributed by atoms with Crippen LogP contribution in [0.1, 0.15) is 0 Å². The summed E-state index contributed by atoms with van der Waals surface area (Å²) in [5.41, 5.74) is 7.23. The number of piperazine rings is 1. The number of nitrogens with one attached hydrogen (secondary N) is 1. The summed E-state index contributed by atoms with van der Waals surface area (Å²) >= 11 is 1.02. The van der Waals surface area contributed by atoms with Gasteiger partial charge in [-0.15, -0.1) is 5.10 Å². The van der Waals surface area contributed by atoms with Gasteiger partial charge in [0.25, 0.3) is 0 Å². The van der Waals surface area contributed by atoms with E-state index in [1.807, 2.05) is 4.90 Å². The number of anilines is 2. The normalized spacial score (nSPS) is 19.8. The van der Waals surface area contributed by atoms with Crippen molar-refractivity contribution in [2.24, 2.45) is 0 Å². The lowest BCUT2D eigenvalue weighted by molar-refractivity contribution is 0.134. The Morgan fingerprint density at radius 1 is 1.10 bits per heavy atom. The van der Waals surface area contributed by atoms with Gasteiger partial charge in [-0.1, -0.05) is 11.3 Å². The molecule has 2 fully saturated rings. The van der Waals surface area contributed by atoms with E-state index in [1.165, 1.54) is 16.8 Å². The van der Waals surface area contributed by atoms with Crippen LogP contribution in [0.4, 0.5) is 24.8 Å². The highest BCUT2D eigenvalue weighted by Gasteiger charge is 2.30. The average molecular weight is 602 g/mol. The first-order valence-corrected chi connectivity index (χ1v) is 14.2. The molecule has 3 N–H and O–H groups in total. The zero-order valence-corrected chi connectivity index (χ0v) is 23.0. The summed E-state index contributed by atoms with van der Waals surface area (Å²) < 4.78 is 57.6. The van der Waals surface area contributed by atoms with Gasteiger partial charge in [0.1, 0.15) is 16.6 Å². The van der Waals surface area contributed by atoms with Crippen LogP contribution >= 0.6 is 11.3 Å². The number of alkyl halides is 1. The molecule has 2 aliphatic rings. The van der Waals surface area contributed by atoms with Gasteiger partial charge in [-0.3, -0.25) is 14.3 Å². The van der Waals surface area contributed by atoms with Gasteiger partial charge in [-0.05, 0) is 12.1 Å². The molecule has 16 heteroatoms. The van der Waals surface area contributed by atoms with Gasteiger partial charge in [0, 0.05) is 64.5 Å². The smallest absolute Gasteiger partial charge is 0.309 e. The molecule has 7 rings (SSSR count). The van der Waals surface area contributed by atoms with Crippen LogP contribution in [0.2, 0.25) is 0 Å². The Balaban J connectivity index is 1.04. The number of nitrogens with two attached hydrogens (primary N) is 1. The summed E-state index contributed by atoms with van der Waals surface area (Å²) in [5.74, 6) is -0.829. The van der Waals surface area contributed by atoms with Crippen LogP contribution in [0.5, 0.6) is 5.75 Å². The molecule has 0 bridgehead atoms. The van der Waals surface area contributed by atoms with E-state index in [1.54, 1.807) is 16.7 Å². The Bertz CT molecular complexity index is 1810. The number of nitrogen functional groups attached to an aromatic ring is 1. The largest absolute Gasteiger partial charge is 0.483 e. The van der Waals surface area contributed by atoms with Crippen LogP contribution in [0, 0.1) is 11.6 Å². The molecular weight excluding hydrogens is 575 g/mol. The molecule has 0 amide bonds. The fourth-order valence-corrected chi connectivity index (χ4v) is 6.28. The van der Waals surface area contributed by atoms with Crippen molar-refractivity contribution in [1.29, 1.82) is 0 Å². The molecule has 1 aromatic carbocycles. The van der Waals surface area contributed by atoms with E-state index in [0.717, 1.165) is 17.4 Å². The predicted molar refractivity (Wildman–Crippen MR) is 150 cm³/mol. The SMILES string of the molecule is Nc1nc2c(sc(=O)n2CCN2CCN(c3cc(O[C@@H]4CNC[C@H]4F)c(F)cc3F)CC2)c2nc(-c3ccco3)nn12. The highest BCUT2D eigenvalue weighted by atomic mass is 32.1. The van der Waals surface area contributed by atoms with Crippen molar-refractivity contribution in [2.45, 2.75) is 18.8 Å². The maximum Gasteiger partial charge on any atom is 0.309 e. The van der Waals surface area contributed by atoms with Crippen LogP contribution in [0.25, 0.3) is 27.6 Å². The van der Waals surface area contributed by atoms with Crippen molar-refractivity contribution in [2.75, 3.05) is 56.4 Å². The van der Waals surface area contributed by atoms with Crippen molar-refractivity contribution in [3.8, 4) is 17.3 Å². The maximum atomic E-state index is 14.7. The van der Waals surface area contributed by atoms with Gasteiger partial charge in [-0.2, -0.15) is 9.50 Å². The van der Waals surface area contributed by atoms with Crippen LogP contribution in [-0.2, 0) is 6.54 Å². The third-order valence-electron chi connectivity index (χ3n) is 7.58. The van der Waals surface area contributed by atoms with Crippen LogP contribution in [-0.4, -0.2) is 87.1 Å². The first kappa shape index (κ1) is 26.7. The second-order valence-electron chi connectivity index (χ2n) is 10.2. The fraction of sp³-hybridized carbons (Fsp3) is 0.385. The topological polar surface area (TPSA) is 132 Å². The molecule has 0 saturated carbocycles. The van der Waals surface area contributed by atoms with Crippen LogP contribution in [0.15, 0.2) is 39.7 Å².